The Morgan fingerprint density at radius 2 is 2.18 bits per heavy atom. The topological polar surface area (TPSA) is 81.0 Å². The highest BCUT2D eigenvalue weighted by Gasteiger charge is 2.30. The molecule has 1 saturated heterocycles. The van der Waals surface area contributed by atoms with Crippen LogP contribution in [0.3, 0.4) is 0 Å². The van der Waals surface area contributed by atoms with E-state index in [-0.39, 0.29) is 29.9 Å². The minimum Gasteiger partial charge on any atom is -0.504 e. The van der Waals surface area contributed by atoms with Gasteiger partial charge in [0, 0.05) is 6.54 Å². The summed E-state index contributed by atoms with van der Waals surface area (Å²) in [5.74, 6) is -1.06. The van der Waals surface area contributed by atoms with Gasteiger partial charge in [0.15, 0.2) is 11.5 Å². The summed E-state index contributed by atoms with van der Waals surface area (Å²) in [6.45, 7) is 0.491. The standard InChI is InChI=1S/C12H15NO4/c14-7-8-3-2-6-13(8)12(17)9-4-1-5-10(15)11(9)16/h1,4-5,8,14-16H,2-3,6-7H2/t8-/m0/s1. The number of aliphatic hydroxyl groups excluding tert-OH is 1. The number of rotatable bonds is 2. The third kappa shape index (κ3) is 2.06. The maximum atomic E-state index is 12.1. The average Bonchev–Trinajstić information content (AvgIpc) is 2.80. The second kappa shape index (κ2) is 4.63. The molecular formula is C12H15NO4. The number of benzene rings is 1. The quantitative estimate of drug-likeness (QED) is 0.661. The largest absolute Gasteiger partial charge is 0.504 e. The van der Waals surface area contributed by atoms with Crippen molar-refractivity contribution >= 4 is 5.91 Å². The van der Waals surface area contributed by atoms with Crippen molar-refractivity contribution in [3.05, 3.63) is 23.8 Å². The number of carbonyl (C=O) groups excluding carboxylic acids is 1. The fourth-order valence-corrected chi connectivity index (χ4v) is 2.15. The van der Waals surface area contributed by atoms with Crippen LogP contribution in [0.2, 0.25) is 0 Å². The van der Waals surface area contributed by atoms with Gasteiger partial charge in [0.05, 0.1) is 18.2 Å². The van der Waals surface area contributed by atoms with E-state index in [0.717, 1.165) is 12.8 Å². The molecule has 3 N–H and O–H groups in total. The summed E-state index contributed by atoms with van der Waals surface area (Å²) in [6.07, 6.45) is 1.61. The van der Waals surface area contributed by atoms with E-state index in [1.54, 1.807) is 0 Å². The first-order chi connectivity index (χ1) is 8.15. The molecule has 0 aromatic heterocycles. The molecule has 0 saturated carbocycles. The van der Waals surface area contributed by atoms with E-state index >= 15 is 0 Å². The molecule has 0 bridgehead atoms. The Morgan fingerprint density at radius 1 is 1.41 bits per heavy atom. The van der Waals surface area contributed by atoms with Crippen molar-refractivity contribution in [3.63, 3.8) is 0 Å². The van der Waals surface area contributed by atoms with Crippen LogP contribution in [-0.4, -0.2) is 45.3 Å². The van der Waals surface area contributed by atoms with E-state index in [2.05, 4.69) is 0 Å². The number of aliphatic hydroxyl groups is 1. The Bertz CT molecular complexity index is 433. The van der Waals surface area contributed by atoms with Crippen LogP contribution in [-0.2, 0) is 0 Å². The van der Waals surface area contributed by atoms with E-state index in [1.807, 2.05) is 0 Å². The molecule has 1 fully saturated rings. The highest BCUT2D eigenvalue weighted by Crippen LogP contribution is 2.30. The van der Waals surface area contributed by atoms with Crippen LogP contribution in [0, 0.1) is 0 Å². The van der Waals surface area contributed by atoms with E-state index < -0.39 is 5.75 Å². The molecule has 2 rings (SSSR count). The maximum absolute atomic E-state index is 12.1. The van der Waals surface area contributed by atoms with Crippen LogP contribution < -0.4 is 0 Å². The van der Waals surface area contributed by atoms with Crippen molar-refractivity contribution in [2.45, 2.75) is 18.9 Å². The summed E-state index contributed by atoms with van der Waals surface area (Å²) in [6, 6.07) is 4.10. The van der Waals surface area contributed by atoms with Gasteiger partial charge in [-0.15, -0.1) is 0 Å². The van der Waals surface area contributed by atoms with Gasteiger partial charge in [0.2, 0.25) is 0 Å². The average molecular weight is 237 g/mol. The van der Waals surface area contributed by atoms with Gasteiger partial charge in [-0.2, -0.15) is 0 Å². The molecule has 1 aromatic rings. The number of hydrogen-bond donors (Lipinski definition) is 3. The summed E-state index contributed by atoms with van der Waals surface area (Å²) in [5.41, 5.74) is 0.0744. The number of nitrogens with zero attached hydrogens (tertiary/aromatic N) is 1. The zero-order valence-corrected chi connectivity index (χ0v) is 9.33. The number of para-hydroxylation sites is 1. The molecule has 1 heterocycles. The SMILES string of the molecule is O=C(c1cccc(O)c1O)N1CCC[C@H]1CO. The van der Waals surface area contributed by atoms with E-state index in [9.17, 15) is 15.0 Å². The molecule has 17 heavy (non-hydrogen) atoms. The van der Waals surface area contributed by atoms with Crippen LogP contribution >= 0.6 is 0 Å². The molecular weight excluding hydrogens is 222 g/mol. The summed E-state index contributed by atoms with van der Waals surface area (Å²) in [7, 11) is 0. The number of phenolic OH excluding ortho intramolecular Hbond substituents is 2. The Labute approximate surface area is 98.9 Å². The summed E-state index contributed by atoms with van der Waals surface area (Å²) >= 11 is 0. The summed E-state index contributed by atoms with van der Waals surface area (Å²) < 4.78 is 0. The van der Waals surface area contributed by atoms with Crippen LogP contribution in [0.4, 0.5) is 0 Å². The third-order valence-corrected chi connectivity index (χ3v) is 3.09. The Hall–Kier alpha value is -1.75. The molecule has 1 aliphatic rings. The fourth-order valence-electron chi connectivity index (χ4n) is 2.15. The van der Waals surface area contributed by atoms with Crippen molar-refractivity contribution in [2.75, 3.05) is 13.2 Å². The highest BCUT2D eigenvalue weighted by molar-refractivity contribution is 5.98. The van der Waals surface area contributed by atoms with Crippen molar-refractivity contribution in [2.24, 2.45) is 0 Å². The zero-order valence-electron chi connectivity index (χ0n) is 9.33. The predicted molar refractivity (Wildman–Crippen MR) is 60.9 cm³/mol. The zero-order chi connectivity index (χ0) is 12.4. The smallest absolute Gasteiger partial charge is 0.258 e. The molecule has 1 aromatic carbocycles. The number of hydrogen-bond acceptors (Lipinski definition) is 4. The monoisotopic (exact) mass is 237 g/mol. The summed E-state index contributed by atoms with van der Waals surface area (Å²) in [5, 5.41) is 28.1. The lowest BCUT2D eigenvalue weighted by atomic mass is 10.1. The molecule has 0 spiro atoms. The minimum atomic E-state index is -0.402. The molecule has 5 heteroatoms. The van der Waals surface area contributed by atoms with Crippen LogP contribution in [0.5, 0.6) is 11.5 Å². The van der Waals surface area contributed by atoms with Crippen molar-refractivity contribution in [3.8, 4) is 11.5 Å². The highest BCUT2D eigenvalue weighted by atomic mass is 16.3. The Kier molecular flexibility index (Phi) is 3.19. The first-order valence-corrected chi connectivity index (χ1v) is 5.58. The van der Waals surface area contributed by atoms with Crippen molar-refractivity contribution in [1.82, 2.24) is 4.90 Å². The summed E-state index contributed by atoms with van der Waals surface area (Å²) in [4.78, 5) is 13.7. The number of likely N-dealkylation sites (tertiary alicyclic amines) is 1. The number of aromatic hydroxyl groups is 2. The molecule has 5 nitrogen and oxygen atoms in total. The third-order valence-electron chi connectivity index (χ3n) is 3.09. The maximum Gasteiger partial charge on any atom is 0.258 e. The van der Waals surface area contributed by atoms with Crippen LogP contribution in [0.15, 0.2) is 18.2 Å². The Balaban J connectivity index is 2.28. The molecule has 0 aliphatic carbocycles. The first-order valence-electron chi connectivity index (χ1n) is 5.58. The van der Waals surface area contributed by atoms with Gasteiger partial charge < -0.3 is 20.2 Å². The fraction of sp³-hybridized carbons (Fsp3) is 0.417. The lowest BCUT2D eigenvalue weighted by Gasteiger charge is -2.23. The van der Waals surface area contributed by atoms with Crippen molar-refractivity contribution in [1.29, 1.82) is 0 Å². The number of amides is 1. The van der Waals surface area contributed by atoms with Gasteiger partial charge in [-0.3, -0.25) is 4.79 Å². The second-order valence-electron chi connectivity index (χ2n) is 4.15. The molecule has 1 aliphatic heterocycles. The lowest BCUT2D eigenvalue weighted by molar-refractivity contribution is 0.0674. The predicted octanol–water partition coefficient (Wildman–Crippen LogP) is 0.695. The van der Waals surface area contributed by atoms with E-state index in [4.69, 9.17) is 5.11 Å². The molecule has 0 unspecified atom stereocenters. The van der Waals surface area contributed by atoms with Gasteiger partial charge >= 0.3 is 0 Å². The number of phenols is 2. The van der Waals surface area contributed by atoms with Crippen LogP contribution in [0.1, 0.15) is 23.2 Å². The van der Waals surface area contributed by atoms with Crippen molar-refractivity contribution < 1.29 is 20.1 Å². The minimum absolute atomic E-state index is 0.0744. The molecule has 92 valence electrons. The lowest BCUT2D eigenvalue weighted by Crippen LogP contribution is -2.37. The van der Waals surface area contributed by atoms with E-state index in [0.29, 0.717) is 6.54 Å². The second-order valence-corrected chi connectivity index (χ2v) is 4.15. The van der Waals surface area contributed by atoms with Gasteiger partial charge in [-0.25, -0.2) is 0 Å². The van der Waals surface area contributed by atoms with Gasteiger partial charge in [-0.05, 0) is 25.0 Å². The Morgan fingerprint density at radius 3 is 2.88 bits per heavy atom. The van der Waals surface area contributed by atoms with E-state index in [1.165, 1.54) is 23.1 Å². The normalized spacial score (nSPS) is 19.6. The van der Waals surface area contributed by atoms with Gasteiger partial charge in [0.25, 0.3) is 5.91 Å². The van der Waals surface area contributed by atoms with Gasteiger partial charge in [0.1, 0.15) is 0 Å². The van der Waals surface area contributed by atoms with Gasteiger partial charge in [-0.1, -0.05) is 6.07 Å². The molecule has 1 amide bonds. The van der Waals surface area contributed by atoms with Crippen LogP contribution in [0.25, 0.3) is 0 Å². The molecule has 0 radical (unpaired) electrons. The molecule has 1 atom stereocenters. The first kappa shape index (κ1) is 11.7. The number of carbonyl (C=O) groups is 1.